The molecule has 0 bridgehead atoms. The number of nitrogens with zero attached hydrogens (tertiary/aromatic N) is 1. The number of anilines is 1. The van der Waals surface area contributed by atoms with Crippen molar-refractivity contribution >= 4 is 27.5 Å². The summed E-state index contributed by atoms with van der Waals surface area (Å²) in [6.07, 6.45) is 4.23. The number of fused-ring (bicyclic) bond motifs is 1. The highest BCUT2D eigenvalue weighted by Crippen LogP contribution is 2.29. The minimum absolute atomic E-state index is 0.0320. The van der Waals surface area contributed by atoms with E-state index in [1.54, 1.807) is 0 Å². The molecule has 0 fully saturated rings. The van der Waals surface area contributed by atoms with Crippen LogP contribution in [0.2, 0.25) is 0 Å². The predicted molar refractivity (Wildman–Crippen MR) is 94.0 cm³/mol. The minimum atomic E-state index is -0.0785. The highest BCUT2D eigenvalue weighted by atomic mass is 79.9. The first kappa shape index (κ1) is 15.9. The van der Waals surface area contributed by atoms with Crippen LogP contribution in [0.4, 0.5) is 5.69 Å². The summed E-state index contributed by atoms with van der Waals surface area (Å²) in [5.41, 5.74) is 4.29. The topological polar surface area (TPSA) is 74.8 Å². The zero-order valence-electron chi connectivity index (χ0n) is 12.7. The van der Waals surface area contributed by atoms with Crippen LogP contribution in [-0.4, -0.2) is 21.4 Å². The van der Waals surface area contributed by atoms with Gasteiger partial charge in [-0.25, -0.2) is 5.10 Å². The van der Waals surface area contributed by atoms with Crippen LogP contribution in [-0.2, 0) is 17.6 Å². The van der Waals surface area contributed by atoms with Gasteiger partial charge >= 0.3 is 0 Å². The van der Waals surface area contributed by atoms with Gasteiger partial charge in [0.25, 0.3) is 5.56 Å². The lowest BCUT2D eigenvalue weighted by Crippen LogP contribution is -2.21. The average molecular weight is 376 g/mol. The van der Waals surface area contributed by atoms with Crippen LogP contribution in [0.3, 0.4) is 0 Å². The van der Waals surface area contributed by atoms with Crippen LogP contribution in [0.1, 0.15) is 30.4 Å². The summed E-state index contributed by atoms with van der Waals surface area (Å²) < 4.78 is 0. The van der Waals surface area contributed by atoms with Crippen LogP contribution < -0.4 is 10.9 Å². The Morgan fingerprint density at radius 2 is 2.04 bits per heavy atom. The van der Waals surface area contributed by atoms with Gasteiger partial charge in [0.1, 0.15) is 0 Å². The number of hydrogen-bond donors (Lipinski definition) is 2. The van der Waals surface area contributed by atoms with Gasteiger partial charge in [0.2, 0.25) is 5.91 Å². The summed E-state index contributed by atoms with van der Waals surface area (Å²) in [4.78, 5) is 23.7. The van der Waals surface area contributed by atoms with E-state index in [0.717, 1.165) is 53.8 Å². The van der Waals surface area contributed by atoms with Crippen molar-refractivity contribution in [3.63, 3.8) is 0 Å². The van der Waals surface area contributed by atoms with Crippen LogP contribution in [0.15, 0.2) is 29.1 Å². The third-order valence-corrected chi connectivity index (χ3v) is 4.43. The van der Waals surface area contributed by atoms with Gasteiger partial charge in [-0.1, -0.05) is 28.1 Å². The van der Waals surface area contributed by atoms with E-state index >= 15 is 0 Å². The molecule has 1 aromatic heterocycles. The van der Waals surface area contributed by atoms with Gasteiger partial charge in [-0.15, -0.1) is 0 Å². The molecule has 2 aromatic rings. The normalized spacial score (nSPS) is 13.4. The Bertz CT molecular complexity index is 786. The lowest BCUT2D eigenvalue weighted by molar-refractivity contribution is -0.115. The van der Waals surface area contributed by atoms with Crippen LogP contribution >= 0.6 is 15.9 Å². The van der Waals surface area contributed by atoms with E-state index < -0.39 is 0 Å². The molecule has 0 spiro atoms. The quantitative estimate of drug-likeness (QED) is 0.806. The number of nitrogens with one attached hydrogen (secondary N) is 2. The van der Waals surface area contributed by atoms with Crippen molar-refractivity contribution in [3.8, 4) is 11.3 Å². The third kappa shape index (κ3) is 3.52. The molecule has 0 saturated heterocycles. The SMILES string of the molecule is O=C(CCBr)Nc1cccc(-c2n[nH]c(=O)c3c2CCCC3)c1. The molecule has 0 aliphatic heterocycles. The molecule has 6 heteroatoms. The summed E-state index contributed by atoms with van der Waals surface area (Å²) in [6.45, 7) is 0. The smallest absolute Gasteiger partial charge is 0.267 e. The maximum atomic E-state index is 12.0. The molecule has 1 amide bonds. The van der Waals surface area contributed by atoms with Gasteiger partial charge in [0, 0.05) is 28.6 Å². The second-order valence-corrected chi connectivity index (χ2v) is 6.43. The minimum Gasteiger partial charge on any atom is -0.326 e. The molecule has 120 valence electrons. The number of amides is 1. The summed E-state index contributed by atoms with van der Waals surface area (Å²) in [5, 5.41) is 10.4. The number of benzene rings is 1. The van der Waals surface area contributed by atoms with E-state index in [9.17, 15) is 9.59 Å². The highest BCUT2D eigenvalue weighted by Gasteiger charge is 2.19. The number of hydrogen-bond acceptors (Lipinski definition) is 3. The van der Waals surface area contributed by atoms with Crippen molar-refractivity contribution in [1.29, 1.82) is 0 Å². The molecule has 0 unspecified atom stereocenters. The van der Waals surface area contributed by atoms with E-state index in [0.29, 0.717) is 11.8 Å². The van der Waals surface area contributed by atoms with Gasteiger partial charge < -0.3 is 5.32 Å². The van der Waals surface area contributed by atoms with Gasteiger partial charge in [-0.05, 0) is 43.4 Å². The number of halogens is 1. The lowest BCUT2D eigenvalue weighted by Gasteiger charge is -2.17. The first-order valence-electron chi connectivity index (χ1n) is 7.75. The number of carbonyl (C=O) groups is 1. The van der Waals surface area contributed by atoms with E-state index in [2.05, 4.69) is 31.4 Å². The monoisotopic (exact) mass is 375 g/mol. The van der Waals surface area contributed by atoms with Gasteiger partial charge in [0.05, 0.1) is 5.69 Å². The Hall–Kier alpha value is -1.95. The molecule has 0 saturated carbocycles. The molecule has 5 nitrogen and oxygen atoms in total. The molecule has 0 radical (unpaired) electrons. The van der Waals surface area contributed by atoms with Gasteiger partial charge in [-0.3, -0.25) is 9.59 Å². The summed E-state index contributed by atoms with van der Waals surface area (Å²) in [7, 11) is 0. The molecule has 3 rings (SSSR count). The maximum absolute atomic E-state index is 12.0. The zero-order chi connectivity index (χ0) is 16.2. The Morgan fingerprint density at radius 1 is 1.26 bits per heavy atom. The summed E-state index contributed by atoms with van der Waals surface area (Å²) in [6, 6.07) is 7.60. The highest BCUT2D eigenvalue weighted by molar-refractivity contribution is 9.09. The molecule has 0 atom stereocenters. The number of aromatic nitrogens is 2. The van der Waals surface area contributed by atoms with E-state index in [1.807, 2.05) is 24.3 Å². The Morgan fingerprint density at radius 3 is 2.83 bits per heavy atom. The summed E-state index contributed by atoms with van der Waals surface area (Å²) >= 11 is 3.26. The standard InChI is InChI=1S/C17H18BrN3O2/c18-9-8-15(22)19-12-5-3-4-11(10-12)16-13-6-1-2-7-14(13)17(23)21-20-16/h3-5,10H,1-2,6-9H2,(H,19,22)(H,21,23). The predicted octanol–water partition coefficient (Wildman–Crippen LogP) is 3.04. The molecular formula is C17H18BrN3O2. The van der Waals surface area contributed by atoms with Crippen LogP contribution in [0.25, 0.3) is 11.3 Å². The molecule has 2 N–H and O–H groups in total. The van der Waals surface area contributed by atoms with Crippen molar-refractivity contribution in [1.82, 2.24) is 10.2 Å². The first-order chi connectivity index (χ1) is 11.2. The second-order valence-electron chi connectivity index (χ2n) is 5.63. The first-order valence-corrected chi connectivity index (χ1v) is 8.88. The van der Waals surface area contributed by atoms with Crippen LogP contribution in [0, 0.1) is 0 Å². The van der Waals surface area contributed by atoms with E-state index in [-0.39, 0.29) is 11.5 Å². The number of carbonyl (C=O) groups excluding carboxylic acids is 1. The number of aromatic amines is 1. The Kier molecular flexibility index (Phi) is 4.91. The van der Waals surface area contributed by atoms with E-state index in [4.69, 9.17) is 0 Å². The second kappa shape index (κ2) is 7.08. The van der Waals surface area contributed by atoms with Crippen molar-refractivity contribution in [2.45, 2.75) is 32.1 Å². The van der Waals surface area contributed by atoms with E-state index in [1.165, 1.54) is 0 Å². The summed E-state index contributed by atoms with van der Waals surface area (Å²) in [5.74, 6) is -0.0320. The molecule has 1 aliphatic carbocycles. The van der Waals surface area contributed by atoms with Gasteiger partial charge in [0.15, 0.2) is 0 Å². The van der Waals surface area contributed by atoms with Crippen LogP contribution in [0.5, 0.6) is 0 Å². The molecule has 1 heterocycles. The molecule has 23 heavy (non-hydrogen) atoms. The fourth-order valence-electron chi connectivity index (χ4n) is 2.95. The average Bonchev–Trinajstić information content (AvgIpc) is 2.56. The largest absolute Gasteiger partial charge is 0.326 e. The number of alkyl halides is 1. The molecular weight excluding hydrogens is 358 g/mol. The van der Waals surface area contributed by atoms with Crippen molar-refractivity contribution in [3.05, 3.63) is 45.7 Å². The molecule has 1 aromatic carbocycles. The van der Waals surface area contributed by atoms with Crippen molar-refractivity contribution < 1.29 is 4.79 Å². The number of H-pyrrole nitrogens is 1. The third-order valence-electron chi connectivity index (χ3n) is 4.04. The maximum Gasteiger partial charge on any atom is 0.267 e. The van der Waals surface area contributed by atoms with Crippen molar-refractivity contribution in [2.24, 2.45) is 0 Å². The zero-order valence-corrected chi connectivity index (χ0v) is 14.3. The Balaban J connectivity index is 1.96. The molecule has 1 aliphatic rings. The Labute approximate surface area is 142 Å². The van der Waals surface area contributed by atoms with Gasteiger partial charge in [-0.2, -0.15) is 5.10 Å². The van der Waals surface area contributed by atoms with Crippen molar-refractivity contribution in [2.75, 3.05) is 10.6 Å². The number of rotatable bonds is 4. The fraction of sp³-hybridized carbons (Fsp3) is 0.353. The lowest BCUT2D eigenvalue weighted by atomic mass is 9.90. The fourth-order valence-corrected chi connectivity index (χ4v) is 3.31.